The van der Waals surface area contributed by atoms with Crippen molar-refractivity contribution in [1.82, 2.24) is 4.90 Å². The van der Waals surface area contributed by atoms with E-state index in [9.17, 15) is 28.2 Å². The van der Waals surface area contributed by atoms with Crippen molar-refractivity contribution in [1.29, 1.82) is 0 Å². The van der Waals surface area contributed by atoms with Crippen molar-refractivity contribution in [2.45, 2.75) is 198 Å². The Balaban J connectivity index is 1.02. The van der Waals surface area contributed by atoms with Crippen LogP contribution in [0.25, 0.3) is 0 Å². The minimum Gasteiger partial charge on any atom is -0.462 e. The van der Waals surface area contributed by atoms with Gasteiger partial charge in [-0.25, -0.2) is 13.2 Å². The summed E-state index contributed by atoms with van der Waals surface area (Å²) in [5.74, 6) is -6.74. The highest BCUT2D eigenvalue weighted by Gasteiger charge is 2.60. The predicted octanol–water partition coefficient (Wildman–Crippen LogP) is 7.93. The molecule has 2 N–H and O–H groups in total. The molecule has 6 heterocycles. The van der Waals surface area contributed by atoms with Gasteiger partial charge in [0, 0.05) is 63.8 Å². The van der Waals surface area contributed by atoms with Crippen molar-refractivity contribution < 1.29 is 75.5 Å². The second-order valence-electron chi connectivity index (χ2n) is 21.7. The number of rotatable bonds is 11. The number of halogens is 3. The van der Waals surface area contributed by atoms with Crippen LogP contribution in [0.15, 0.2) is 71.4 Å². The summed E-state index contributed by atoms with van der Waals surface area (Å²) in [5, 5.41) is 23.9. The molecule has 0 aromatic heterocycles. The summed E-state index contributed by atoms with van der Waals surface area (Å²) < 4.78 is 107. The zero-order chi connectivity index (χ0) is 52.7. The molecule has 0 amide bonds. The summed E-state index contributed by atoms with van der Waals surface area (Å²) in [6, 6.07) is 1.78. The maximum absolute atomic E-state index is 14.7. The second kappa shape index (κ2) is 23.1. The minimum atomic E-state index is -1.87. The molecule has 1 aromatic rings. The Kier molecular flexibility index (Phi) is 17.7. The second-order valence-corrected chi connectivity index (χ2v) is 21.7. The van der Waals surface area contributed by atoms with E-state index in [4.69, 9.17) is 47.4 Å². The predicted molar refractivity (Wildman–Crippen MR) is 263 cm³/mol. The molecule has 8 rings (SSSR count). The Hall–Kier alpha value is -3.30. The topological polar surface area (TPSA) is 153 Å². The standard InChI is InChI=1S/C56H78F3NO13/c1-12-29(2)51-32(5)20-21-55(73-51)26-39-23-38(72-55)18-16-31(4)50(30(3)14-13-15-37-28-66-53-49(61)33(6)22-40(54(62)69-39)56(37,53)63)70-45-25-43(65-11)52(35(8)68-45)71-44-24-42(64-10)48(34(7)67-44)60(9)27-36-17-19-41(57)47(59)46(36)58/h13-17,19-22,29-30,32,34-35,38-40,42-45,48-53,61,63H,12,18,23-28H2,1-11H3/b14-13+,31-16+,37-15+/t29-,30-,32-,34+,35-,38+,39-,40-,42+,43-,44+,45-,48-,49+,50-,51+,52-,53+,55+,56+/m0/s1. The van der Waals surface area contributed by atoms with Crippen LogP contribution >= 0.6 is 0 Å². The molecule has 1 aliphatic carbocycles. The molecule has 0 saturated carbocycles. The molecule has 0 unspecified atom stereocenters. The van der Waals surface area contributed by atoms with E-state index < -0.39 is 114 Å². The van der Waals surface area contributed by atoms with Crippen LogP contribution in [-0.4, -0.2) is 146 Å². The Labute approximate surface area is 428 Å². The number of aliphatic hydroxyl groups is 2. The number of hydrogen-bond acceptors (Lipinski definition) is 14. The molecule has 6 aliphatic heterocycles. The third-order valence-corrected chi connectivity index (χ3v) is 16.5. The molecular formula is C56H78F3NO13. The summed E-state index contributed by atoms with van der Waals surface area (Å²) in [6.45, 7) is 16.0. The van der Waals surface area contributed by atoms with Gasteiger partial charge in [-0.1, -0.05) is 76.6 Å². The number of fused-ring (bicyclic) bond motifs is 2. The normalized spacial score (nSPS) is 43.6. The van der Waals surface area contributed by atoms with Crippen LogP contribution in [0, 0.1) is 41.1 Å². The lowest BCUT2D eigenvalue weighted by Crippen LogP contribution is -2.58. The molecule has 1 aromatic carbocycles. The lowest BCUT2D eigenvalue weighted by molar-refractivity contribution is -0.315. The fourth-order valence-electron chi connectivity index (χ4n) is 12.3. The van der Waals surface area contributed by atoms with Gasteiger partial charge < -0.3 is 57.6 Å². The Bertz CT molecular complexity index is 2280. The average Bonchev–Trinajstić information content (AvgIpc) is 3.70. The van der Waals surface area contributed by atoms with E-state index in [1.807, 2.05) is 50.8 Å². The third-order valence-electron chi connectivity index (χ3n) is 16.5. The van der Waals surface area contributed by atoms with Gasteiger partial charge in [-0.2, -0.15) is 0 Å². The first kappa shape index (κ1) is 55.9. The van der Waals surface area contributed by atoms with E-state index in [1.54, 1.807) is 40.3 Å². The number of esters is 1. The molecule has 20 atom stereocenters. The van der Waals surface area contributed by atoms with Crippen LogP contribution in [-0.2, 0) is 58.7 Å². The zero-order valence-electron chi connectivity index (χ0n) is 44.2. The summed E-state index contributed by atoms with van der Waals surface area (Å²) in [5.41, 5.74) is 0.0248. The van der Waals surface area contributed by atoms with Gasteiger partial charge >= 0.3 is 5.97 Å². The van der Waals surface area contributed by atoms with E-state index in [2.05, 4.69) is 32.9 Å². The average molecular weight is 1030 g/mol. The number of hydrogen-bond donors (Lipinski definition) is 2. The molecule has 7 aliphatic rings. The highest BCUT2D eigenvalue weighted by atomic mass is 19.2. The molecular weight excluding hydrogens is 952 g/mol. The number of aliphatic hydroxyl groups excluding tert-OH is 1. The maximum Gasteiger partial charge on any atom is 0.316 e. The monoisotopic (exact) mass is 1030 g/mol. The van der Waals surface area contributed by atoms with Gasteiger partial charge in [0.15, 0.2) is 35.8 Å². The maximum atomic E-state index is 14.7. The van der Waals surface area contributed by atoms with Crippen molar-refractivity contribution >= 4 is 5.97 Å². The number of likely N-dealkylation sites (N-methyl/N-ethyl adjacent to an activating group) is 1. The van der Waals surface area contributed by atoms with Gasteiger partial charge in [-0.15, -0.1) is 0 Å². The fraction of sp³-hybridized carbons (Fsp3) is 0.696. The number of ether oxygens (including phenoxy) is 10. The van der Waals surface area contributed by atoms with Crippen LogP contribution in [0.4, 0.5) is 13.2 Å². The number of allylic oxidation sites excluding steroid dienone is 2. The molecule has 4 saturated heterocycles. The van der Waals surface area contributed by atoms with Gasteiger partial charge in [0.2, 0.25) is 0 Å². The number of benzene rings is 1. The fourth-order valence-corrected chi connectivity index (χ4v) is 12.3. The van der Waals surface area contributed by atoms with E-state index in [-0.39, 0.29) is 55.0 Å². The Morgan fingerprint density at radius 1 is 0.890 bits per heavy atom. The van der Waals surface area contributed by atoms with Crippen molar-refractivity contribution in [3.63, 3.8) is 0 Å². The van der Waals surface area contributed by atoms with Crippen LogP contribution in [0.2, 0.25) is 0 Å². The lowest BCUT2D eigenvalue weighted by Gasteiger charge is -2.48. The summed E-state index contributed by atoms with van der Waals surface area (Å²) in [7, 11) is 4.96. The Morgan fingerprint density at radius 3 is 2.33 bits per heavy atom. The van der Waals surface area contributed by atoms with Crippen molar-refractivity contribution in [2.75, 3.05) is 27.9 Å². The molecule has 14 nitrogen and oxygen atoms in total. The number of methoxy groups -OCH3 is 2. The van der Waals surface area contributed by atoms with Crippen molar-refractivity contribution in [3.05, 3.63) is 94.4 Å². The molecule has 2 bridgehead atoms. The van der Waals surface area contributed by atoms with Crippen molar-refractivity contribution in [3.8, 4) is 0 Å². The van der Waals surface area contributed by atoms with Crippen LogP contribution in [0.3, 0.4) is 0 Å². The minimum absolute atomic E-state index is 0.00203. The largest absolute Gasteiger partial charge is 0.462 e. The van der Waals surface area contributed by atoms with Crippen LogP contribution in [0.5, 0.6) is 0 Å². The summed E-state index contributed by atoms with van der Waals surface area (Å²) >= 11 is 0. The van der Waals surface area contributed by atoms with Gasteiger partial charge in [-0.3, -0.25) is 9.69 Å². The highest BCUT2D eigenvalue weighted by Crippen LogP contribution is 2.47. The quantitative estimate of drug-likeness (QED) is 0.125. The first-order valence-electron chi connectivity index (χ1n) is 26.2. The number of carbonyl (C=O) groups excluding carboxylic acids is 1. The smallest absolute Gasteiger partial charge is 0.316 e. The SMILES string of the molecule is CC[C@H](C)[C@H]1O[C@]2(C=C[C@@H]1C)C[C@@H]1C[C@@H](C/C=C(\C)[C@@H](O[C@H]3C[C@H](OC)[C@@H](O[C@@H]4C[C@@H](OC)[C@@H](N(C)Cc5ccc(F)c(F)c5F)[C@@H](C)O4)[C@H](C)O3)[C@@H](C)/C=C/C=C3\CO[C@@H]4[C@H](O)C(C)=C[C@@H](C(=O)O1)[C@]34O)O2. The van der Waals surface area contributed by atoms with Gasteiger partial charge in [0.05, 0.1) is 55.4 Å². The molecule has 4 fully saturated rings. The molecule has 0 radical (unpaired) electrons. The first-order valence-corrected chi connectivity index (χ1v) is 26.2. The lowest BCUT2D eigenvalue weighted by atomic mass is 9.71. The molecule has 1 spiro atoms. The molecule has 73 heavy (non-hydrogen) atoms. The summed E-state index contributed by atoms with van der Waals surface area (Å²) in [4.78, 5) is 16.2. The molecule has 406 valence electrons. The van der Waals surface area contributed by atoms with E-state index in [0.29, 0.717) is 36.8 Å². The summed E-state index contributed by atoms with van der Waals surface area (Å²) in [6.07, 6.45) is 8.27. The van der Waals surface area contributed by atoms with E-state index in [0.717, 1.165) is 18.1 Å². The molecule has 17 heteroatoms. The van der Waals surface area contributed by atoms with Gasteiger partial charge in [0.1, 0.15) is 35.9 Å². The van der Waals surface area contributed by atoms with E-state index >= 15 is 0 Å². The van der Waals surface area contributed by atoms with Crippen LogP contribution < -0.4 is 0 Å². The number of nitrogens with zero attached hydrogens (tertiary/aromatic N) is 1. The van der Waals surface area contributed by atoms with E-state index in [1.165, 1.54) is 6.07 Å². The number of carbonyl (C=O) groups is 1. The van der Waals surface area contributed by atoms with Gasteiger partial charge in [0.25, 0.3) is 0 Å². The zero-order valence-corrected chi connectivity index (χ0v) is 44.2. The van der Waals surface area contributed by atoms with Crippen LogP contribution in [0.1, 0.15) is 99.5 Å². The first-order chi connectivity index (χ1) is 34.7. The highest BCUT2D eigenvalue weighted by molar-refractivity contribution is 5.78. The Morgan fingerprint density at radius 2 is 1.60 bits per heavy atom. The van der Waals surface area contributed by atoms with Gasteiger partial charge in [-0.05, 0) is 75.9 Å². The van der Waals surface area contributed by atoms with Crippen molar-refractivity contribution in [2.24, 2.45) is 23.7 Å². The third kappa shape index (κ3) is 11.5.